The number of nitrogens with two attached hydrogens (primary N) is 1. The fraction of sp³-hybridized carbons (Fsp3) is 0.125. The highest BCUT2D eigenvalue weighted by atomic mass is 35.5. The van der Waals surface area contributed by atoms with Crippen molar-refractivity contribution < 1.29 is 4.52 Å². The number of aromatic nitrogens is 3. The lowest BCUT2D eigenvalue weighted by Gasteiger charge is -2.05. The number of nitrogen functional groups attached to an aromatic ring is 1. The Balaban J connectivity index is 2.08. The molecule has 15 heavy (non-hydrogen) atoms. The molecule has 2 aromatic heterocycles. The Morgan fingerprint density at radius 3 is 3.07 bits per heavy atom. The molecule has 0 aliphatic rings. The molecule has 6 nitrogen and oxygen atoms in total. The molecule has 0 aliphatic carbocycles. The molecule has 7 heteroatoms. The van der Waals surface area contributed by atoms with Crippen molar-refractivity contribution in [1.29, 1.82) is 0 Å². The van der Waals surface area contributed by atoms with Crippen molar-refractivity contribution >= 4 is 23.2 Å². The maximum absolute atomic E-state index is 5.87. The van der Waals surface area contributed by atoms with Crippen LogP contribution >= 0.6 is 11.6 Å². The van der Waals surface area contributed by atoms with Gasteiger partial charge in [0.05, 0.1) is 12.7 Å². The smallest absolute Gasteiger partial charge is 0.155 e. The second kappa shape index (κ2) is 4.14. The summed E-state index contributed by atoms with van der Waals surface area (Å²) in [6.07, 6.45) is 2.90. The Bertz CT molecular complexity index is 444. The van der Waals surface area contributed by atoms with Crippen LogP contribution in [-0.2, 0) is 6.54 Å². The third-order valence-electron chi connectivity index (χ3n) is 1.74. The van der Waals surface area contributed by atoms with Crippen molar-refractivity contribution in [3.8, 4) is 0 Å². The molecular weight excluding hydrogens is 218 g/mol. The van der Waals surface area contributed by atoms with E-state index in [2.05, 4.69) is 20.4 Å². The highest BCUT2D eigenvalue weighted by Gasteiger charge is 2.06. The monoisotopic (exact) mass is 225 g/mol. The summed E-state index contributed by atoms with van der Waals surface area (Å²) in [5, 5.41) is 6.83. The largest absolute Gasteiger partial charge is 0.382 e. The quantitative estimate of drug-likeness (QED) is 0.819. The van der Waals surface area contributed by atoms with Crippen LogP contribution in [-0.4, -0.2) is 15.1 Å². The minimum Gasteiger partial charge on any atom is -0.382 e. The third kappa shape index (κ3) is 2.16. The van der Waals surface area contributed by atoms with Gasteiger partial charge in [0.15, 0.2) is 11.6 Å². The molecule has 3 N–H and O–H groups in total. The molecule has 0 aliphatic heterocycles. The zero-order valence-corrected chi connectivity index (χ0v) is 8.40. The average molecular weight is 226 g/mol. The summed E-state index contributed by atoms with van der Waals surface area (Å²) in [7, 11) is 0. The minimum absolute atomic E-state index is 0.242. The standard InChI is InChI=1S/C8H8ClN5O/c9-6-7(10)12-4-13-8(6)11-3-5-1-2-14-15-5/h1-2,4H,3H2,(H3,10,11,12,13). The maximum atomic E-state index is 5.87. The average Bonchev–Trinajstić information content (AvgIpc) is 2.73. The van der Waals surface area contributed by atoms with E-state index < -0.39 is 0 Å². The number of halogens is 1. The summed E-state index contributed by atoms with van der Waals surface area (Å²) in [6.45, 7) is 0.441. The highest BCUT2D eigenvalue weighted by molar-refractivity contribution is 6.35. The van der Waals surface area contributed by atoms with Crippen LogP contribution in [0.3, 0.4) is 0 Å². The van der Waals surface area contributed by atoms with Crippen molar-refractivity contribution in [1.82, 2.24) is 15.1 Å². The Kier molecular flexibility index (Phi) is 2.68. The van der Waals surface area contributed by atoms with Gasteiger partial charge in [-0.15, -0.1) is 0 Å². The summed E-state index contributed by atoms with van der Waals surface area (Å²) in [6, 6.07) is 1.74. The van der Waals surface area contributed by atoms with Crippen LogP contribution in [0.25, 0.3) is 0 Å². The molecule has 78 valence electrons. The fourth-order valence-corrected chi connectivity index (χ4v) is 1.18. The van der Waals surface area contributed by atoms with E-state index >= 15 is 0 Å². The molecule has 0 fully saturated rings. The van der Waals surface area contributed by atoms with Crippen molar-refractivity contribution in [3.05, 3.63) is 29.4 Å². The first-order valence-corrected chi connectivity index (χ1v) is 4.54. The zero-order valence-electron chi connectivity index (χ0n) is 7.64. The molecule has 0 spiro atoms. The van der Waals surface area contributed by atoms with Gasteiger partial charge in [0.25, 0.3) is 0 Å². The van der Waals surface area contributed by atoms with Gasteiger partial charge in [-0.25, -0.2) is 9.97 Å². The second-order valence-electron chi connectivity index (χ2n) is 2.75. The van der Waals surface area contributed by atoms with Gasteiger partial charge in [-0.3, -0.25) is 0 Å². The van der Waals surface area contributed by atoms with E-state index in [0.29, 0.717) is 23.1 Å². The number of nitrogens with zero attached hydrogens (tertiary/aromatic N) is 3. The summed E-state index contributed by atoms with van der Waals surface area (Å²) in [5.41, 5.74) is 5.51. The molecule has 0 aromatic carbocycles. The molecule has 0 saturated heterocycles. The lowest BCUT2D eigenvalue weighted by atomic mass is 10.4. The Labute approximate surface area is 90.5 Å². The van der Waals surface area contributed by atoms with Crippen LogP contribution in [0.5, 0.6) is 0 Å². The van der Waals surface area contributed by atoms with Gasteiger partial charge in [0.2, 0.25) is 0 Å². The van der Waals surface area contributed by atoms with Crippen molar-refractivity contribution in [2.45, 2.75) is 6.54 Å². The van der Waals surface area contributed by atoms with Crippen molar-refractivity contribution in [2.24, 2.45) is 0 Å². The highest BCUT2D eigenvalue weighted by Crippen LogP contribution is 2.23. The summed E-state index contributed by atoms with van der Waals surface area (Å²) >= 11 is 5.87. The lowest BCUT2D eigenvalue weighted by molar-refractivity contribution is 0.388. The summed E-state index contributed by atoms with van der Waals surface area (Å²) < 4.78 is 4.90. The molecule has 0 bridgehead atoms. The molecule has 0 radical (unpaired) electrons. The van der Waals surface area contributed by atoms with Crippen LogP contribution < -0.4 is 11.1 Å². The van der Waals surface area contributed by atoms with Crippen molar-refractivity contribution in [2.75, 3.05) is 11.1 Å². The molecule has 2 aromatic rings. The molecule has 0 unspecified atom stereocenters. The number of anilines is 2. The van der Waals surface area contributed by atoms with Gasteiger partial charge < -0.3 is 15.6 Å². The van der Waals surface area contributed by atoms with Crippen LogP contribution in [0.1, 0.15) is 5.76 Å². The first kappa shape index (κ1) is 9.72. The molecule has 0 amide bonds. The number of nitrogens with one attached hydrogen (secondary N) is 1. The van der Waals surface area contributed by atoms with E-state index in [4.69, 9.17) is 21.9 Å². The van der Waals surface area contributed by atoms with Gasteiger partial charge in [-0.1, -0.05) is 16.8 Å². The Morgan fingerprint density at radius 2 is 2.33 bits per heavy atom. The Morgan fingerprint density at radius 1 is 1.47 bits per heavy atom. The van der Waals surface area contributed by atoms with Gasteiger partial charge in [0.1, 0.15) is 17.2 Å². The Hall–Kier alpha value is -1.82. The summed E-state index contributed by atoms with van der Waals surface area (Å²) in [4.78, 5) is 7.69. The molecule has 2 heterocycles. The molecular formula is C8H8ClN5O. The van der Waals surface area contributed by atoms with Crippen LogP contribution in [0.4, 0.5) is 11.6 Å². The molecule has 0 atom stereocenters. The van der Waals surface area contributed by atoms with Crippen LogP contribution in [0.15, 0.2) is 23.1 Å². The molecule has 2 rings (SSSR count). The van der Waals surface area contributed by atoms with Crippen LogP contribution in [0.2, 0.25) is 5.02 Å². The van der Waals surface area contributed by atoms with Crippen molar-refractivity contribution in [3.63, 3.8) is 0 Å². The van der Waals surface area contributed by atoms with Gasteiger partial charge in [0, 0.05) is 6.07 Å². The van der Waals surface area contributed by atoms with Gasteiger partial charge in [-0.2, -0.15) is 0 Å². The first-order valence-electron chi connectivity index (χ1n) is 4.17. The lowest BCUT2D eigenvalue weighted by Crippen LogP contribution is -2.03. The van der Waals surface area contributed by atoms with Gasteiger partial charge >= 0.3 is 0 Å². The number of hydrogen-bond donors (Lipinski definition) is 2. The van der Waals surface area contributed by atoms with E-state index in [-0.39, 0.29) is 5.82 Å². The predicted molar refractivity (Wildman–Crippen MR) is 55.3 cm³/mol. The summed E-state index contributed by atoms with van der Waals surface area (Å²) in [5.74, 6) is 1.40. The SMILES string of the molecule is Nc1ncnc(NCc2ccno2)c1Cl. The first-order chi connectivity index (χ1) is 7.27. The zero-order chi connectivity index (χ0) is 10.7. The van der Waals surface area contributed by atoms with E-state index in [1.165, 1.54) is 6.33 Å². The normalized spacial score (nSPS) is 10.2. The fourth-order valence-electron chi connectivity index (χ4n) is 1.01. The minimum atomic E-state index is 0.242. The van der Waals surface area contributed by atoms with E-state index in [9.17, 15) is 0 Å². The van der Waals surface area contributed by atoms with Crippen LogP contribution in [0, 0.1) is 0 Å². The third-order valence-corrected chi connectivity index (χ3v) is 2.11. The number of rotatable bonds is 3. The topological polar surface area (TPSA) is 89.9 Å². The molecule has 0 saturated carbocycles. The van der Waals surface area contributed by atoms with E-state index in [1.54, 1.807) is 12.3 Å². The predicted octanol–water partition coefficient (Wildman–Crippen LogP) is 1.31. The van der Waals surface area contributed by atoms with Gasteiger partial charge in [-0.05, 0) is 0 Å². The van der Waals surface area contributed by atoms with E-state index in [0.717, 1.165) is 0 Å². The second-order valence-corrected chi connectivity index (χ2v) is 3.13. The number of hydrogen-bond acceptors (Lipinski definition) is 6. The maximum Gasteiger partial charge on any atom is 0.155 e. The van der Waals surface area contributed by atoms with E-state index in [1.807, 2.05) is 0 Å².